The van der Waals surface area contributed by atoms with Crippen LogP contribution in [0.5, 0.6) is 0 Å². The van der Waals surface area contributed by atoms with Gasteiger partial charge < -0.3 is 20.6 Å². The van der Waals surface area contributed by atoms with Gasteiger partial charge in [-0.1, -0.05) is 6.58 Å². The van der Waals surface area contributed by atoms with Gasteiger partial charge in [-0.25, -0.2) is 9.78 Å². The predicted octanol–water partition coefficient (Wildman–Crippen LogP) is 0.945. The highest BCUT2D eigenvalue weighted by molar-refractivity contribution is 5.70. The van der Waals surface area contributed by atoms with E-state index in [1.54, 1.807) is 23.1 Å². The van der Waals surface area contributed by atoms with Crippen LogP contribution in [0.2, 0.25) is 0 Å². The van der Waals surface area contributed by atoms with Crippen LogP contribution in [0.15, 0.2) is 41.6 Å². The molecule has 4 N–H and O–H groups in total. The second-order valence-corrected chi connectivity index (χ2v) is 7.17. The van der Waals surface area contributed by atoms with Crippen molar-refractivity contribution in [2.75, 3.05) is 17.2 Å². The fourth-order valence-corrected chi connectivity index (χ4v) is 3.14. The van der Waals surface area contributed by atoms with E-state index in [4.69, 9.17) is 4.98 Å². The summed E-state index contributed by atoms with van der Waals surface area (Å²) in [4.78, 5) is 25.8. The van der Waals surface area contributed by atoms with E-state index in [9.17, 15) is 4.79 Å². The van der Waals surface area contributed by atoms with Crippen molar-refractivity contribution in [2.45, 2.75) is 12.8 Å². The Morgan fingerprint density at radius 3 is 2.93 bits per heavy atom. The molecular formula is C20H20N8O. The number of rotatable bonds is 6. The number of hydrogen-bond acceptors (Lipinski definition) is 6. The molecule has 0 bridgehead atoms. The van der Waals surface area contributed by atoms with Crippen LogP contribution in [0.1, 0.15) is 18.4 Å². The van der Waals surface area contributed by atoms with Crippen LogP contribution < -0.4 is 27.0 Å². The van der Waals surface area contributed by atoms with Gasteiger partial charge in [0.25, 0.3) is 0 Å². The number of nitrogens with one attached hydrogen (secondary N) is 4. The third kappa shape index (κ3) is 3.62. The normalized spacial score (nSPS) is 14.4. The van der Waals surface area contributed by atoms with E-state index in [2.05, 4.69) is 37.3 Å². The lowest BCUT2D eigenvalue weighted by molar-refractivity contribution is 0.857. The molecule has 0 spiro atoms. The zero-order chi connectivity index (χ0) is 19.8. The van der Waals surface area contributed by atoms with Gasteiger partial charge in [-0.2, -0.15) is 9.61 Å². The number of imidazole rings is 1. The minimum Gasteiger partial charge on any atom is -0.370 e. The minimum absolute atomic E-state index is 0.295. The summed E-state index contributed by atoms with van der Waals surface area (Å²) < 4.78 is 1.77. The van der Waals surface area contributed by atoms with Gasteiger partial charge in [0.1, 0.15) is 11.6 Å². The first kappa shape index (κ1) is 17.2. The SMILES string of the molecule is C=c1[nH]c(=O)[nH]/c1=C\c1cnn2c(NCC3CC3)cc(Nc3cccnc3)nc12. The number of H-pyrrole nitrogens is 2. The molecule has 0 aromatic carbocycles. The van der Waals surface area contributed by atoms with Crippen LogP contribution in [-0.2, 0) is 0 Å². The molecule has 0 aliphatic heterocycles. The lowest BCUT2D eigenvalue weighted by Gasteiger charge is -2.11. The van der Waals surface area contributed by atoms with Crippen molar-refractivity contribution in [1.29, 1.82) is 0 Å². The Hall–Kier alpha value is -3.88. The lowest BCUT2D eigenvalue weighted by atomic mass is 10.3. The van der Waals surface area contributed by atoms with Crippen molar-refractivity contribution in [3.8, 4) is 0 Å². The molecule has 146 valence electrons. The molecule has 0 amide bonds. The predicted molar refractivity (Wildman–Crippen MR) is 111 cm³/mol. The quantitative estimate of drug-likeness (QED) is 0.391. The molecule has 0 atom stereocenters. The third-order valence-corrected chi connectivity index (χ3v) is 4.84. The van der Waals surface area contributed by atoms with Crippen LogP contribution in [0.3, 0.4) is 0 Å². The summed E-state index contributed by atoms with van der Waals surface area (Å²) in [5, 5.41) is 12.4. The molecule has 1 fully saturated rings. The lowest BCUT2D eigenvalue weighted by Crippen LogP contribution is -2.22. The molecule has 4 heterocycles. The number of hydrogen-bond donors (Lipinski definition) is 4. The molecule has 1 saturated carbocycles. The van der Waals surface area contributed by atoms with Gasteiger partial charge in [0.2, 0.25) is 0 Å². The summed E-state index contributed by atoms with van der Waals surface area (Å²) in [5.41, 5.74) is 1.99. The highest BCUT2D eigenvalue weighted by Crippen LogP contribution is 2.29. The van der Waals surface area contributed by atoms with Gasteiger partial charge in [-0.15, -0.1) is 0 Å². The largest absolute Gasteiger partial charge is 0.370 e. The van der Waals surface area contributed by atoms with Gasteiger partial charge in [0.05, 0.1) is 28.8 Å². The Labute approximate surface area is 165 Å². The maximum Gasteiger partial charge on any atom is 0.323 e. The zero-order valence-electron chi connectivity index (χ0n) is 15.6. The molecule has 1 aliphatic carbocycles. The molecular weight excluding hydrogens is 368 g/mol. The van der Waals surface area contributed by atoms with Gasteiger partial charge in [-0.3, -0.25) is 4.98 Å². The van der Waals surface area contributed by atoms with Crippen molar-refractivity contribution in [3.05, 3.63) is 63.5 Å². The minimum atomic E-state index is -0.295. The average molecular weight is 388 g/mol. The molecule has 0 saturated heterocycles. The van der Waals surface area contributed by atoms with E-state index in [0.717, 1.165) is 23.6 Å². The molecule has 9 heteroatoms. The standard InChI is InChI=1S/C20H20N8O/c1-12-16(26-20(29)24-12)7-14-10-23-28-18(22-9-13-4-5-13)8-17(27-19(14)28)25-15-3-2-6-21-11-15/h2-3,6-8,10-11,13,22H,1,4-5,9H2,(H,25,27)(H2,24,26,29)/b16-7-. The van der Waals surface area contributed by atoms with E-state index in [0.29, 0.717) is 28.1 Å². The van der Waals surface area contributed by atoms with Crippen molar-refractivity contribution in [3.63, 3.8) is 0 Å². The zero-order valence-corrected chi connectivity index (χ0v) is 15.6. The van der Waals surface area contributed by atoms with Crippen molar-refractivity contribution in [2.24, 2.45) is 5.92 Å². The summed E-state index contributed by atoms with van der Waals surface area (Å²) in [6, 6.07) is 5.73. The Balaban J connectivity index is 1.61. The topological polar surface area (TPSA) is 116 Å². The first-order valence-corrected chi connectivity index (χ1v) is 9.44. The van der Waals surface area contributed by atoms with Crippen LogP contribution in [0, 0.1) is 5.92 Å². The first-order chi connectivity index (χ1) is 14.2. The van der Waals surface area contributed by atoms with Crippen molar-refractivity contribution in [1.82, 2.24) is 29.5 Å². The summed E-state index contributed by atoms with van der Waals surface area (Å²) in [6.07, 6.45) is 9.52. The molecule has 1 aliphatic rings. The van der Waals surface area contributed by atoms with E-state index in [1.165, 1.54) is 12.8 Å². The Morgan fingerprint density at radius 1 is 1.31 bits per heavy atom. The molecule has 4 aromatic rings. The molecule has 9 nitrogen and oxygen atoms in total. The van der Waals surface area contributed by atoms with Crippen molar-refractivity contribution >= 4 is 35.6 Å². The van der Waals surface area contributed by atoms with Crippen LogP contribution >= 0.6 is 0 Å². The maximum absolute atomic E-state index is 11.5. The fourth-order valence-electron chi connectivity index (χ4n) is 3.14. The first-order valence-electron chi connectivity index (χ1n) is 9.44. The summed E-state index contributed by atoms with van der Waals surface area (Å²) >= 11 is 0. The second-order valence-electron chi connectivity index (χ2n) is 7.17. The second kappa shape index (κ2) is 6.93. The van der Waals surface area contributed by atoms with E-state index < -0.39 is 0 Å². The number of pyridine rings is 1. The average Bonchev–Trinajstić information content (AvgIpc) is 3.38. The van der Waals surface area contributed by atoms with E-state index in [1.807, 2.05) is 24.3 Å². The van der Waals surface area contributed by atoms with E-state index in [-0.39, 0.29) is 5.69 Å². The van der Waals surface area contributed by atoms with Gasteiger partial charge in [-0.05, 0) is 37.0 Å². The number of fused-ring (bicyclic) bond motifs is 1. The Morgan fingerprint density at radius 2 is 2.21 bits per heavy atom. The summed E-state index contributed by atoms with van der Waals surface area (Å²) in [7, 11) is 0. The third-order valence-electron chi connectivity index (χ3n) is 4.84. The molecule has 4 aromatic heterocycles. The van der Waals surface area contributed by atoms with Gasteiger partial charge in [0, 0.05) is 24.4 Å². The van der Waals surface area contributed by atoms with Crippen LogP contribution in [0.25, 0.3) is 18.3 Å². The highest BCUT2D eigenvalue weighted by Gasteiger charge is 2.21. The molecule has 5 rings (SSSR count). The Bertz CT molecular complexity index is 1330. The van der Waals surface area contributed by atoms with Gasteiger partial charge in [0.15, 0.2) is 5.65 Å². The molecule has 29 heavy (non-hydrogen) atoms. The summed E-state index contributed by atoms with van der Waals surface area (Å²) in [5.74, 6) is 2.25. The monoisotopic (exact) mass is 388 g/mol. The number of nitrogens with zero attached hydrogens (tertiary/aromatic N) is 4. The molecule has 0 radical (unpaired) electrons. The fraction of sp³-hybridized carbons (Fsp3) is 0.200. The number of aromatic amines is 2. The van der Waals surface area contributed by atoms with Crippen molar-refractivity contribution < 1.29 is 0 Å². The van der Waals surface area contributed by atoms with Crippen LogP contribution in [-0.4, -0.2) is 36.1 Å². The number of anilines is 3. The Kier molecular flexibility index (Phi) is 4.12. The molecule has 0 unspecified atom stereocenters. The smallest absolute Gasteiger partial charge is 0.323 e. The van der Waals surface area contributed by atoms with Crippen LogP contribution in [0.4, 0.5) is 17.3 Å². The van der Waals surface area contributed by atoms with Gasteiger partial charge >= 0.3 is 5.69 Å². The summed E-state index contributed by atoms with van der Waals surface area (Å²) in [6.45, 7) is 4.75. The highest BCUT2D eigenvalue weighted by atomic mass is 16.1. The maximum atomic E-state index is 11.5. The number of aromatic nitrogens is 6. The van der Waals surface area contributed by atoms with E-state index >= 15 is 0 Å².